The number of urea groups is 1. The van der Waals surface area contributed by atoms with Crippen LogP contribution in [0.5, 0.6) is 0 Å². The maximum Gasteiger partial charge on any atom is 0.317 e. The molecule has 1 spiro atoms. The van der Waals surface area contributed by atoms with E-state index in [2.05, 4.69) is 27.3 Å². The van der Waals surface area contributed by atoms with Crippen LogP contribution in [0, 0.1) is 5.41 Å². The molecular weight excluding hydrogens is 312 g/mol. The molecular formula is C20H30N4O. The zero-order valence-electron chi connectivity index (χ0n) is 15.3. The fraction of sp³-hybridized carbons (Fsp3) is 0.700. The molecule has 1 aromatic heterocycles. The highest BCUT2D eigenvalue weighted by atomic mass is 16.2. The molecule has 1 aliphatic carbocycles. The Labute approximate surface area is 150 Å². The highest BCUT2D eigenvalue weighted by molar-refractivity contribution is 5.73. The summed E-state index contributed by atoms with van der Waals surface area (Å²) in [7, 11) is 1.72. The Morgan fingerprint density at radius 2 is 1.84 bits per heavy atom. The van der Waals surface area contributed by atoms with E-state index in [1.54, 1.807) is 7.05 Å². The van der Waals surface area contributed by atoms with Crippen LogP contribution in [0.2, 0.25) is 0 Å². The van der Waals surface area contributed by atoms with E-state index in [4.69, 9.17) is 0 Å². The van der Waals surface area contributed by atoms with Gasteiger partial charge in [-0.1, -0.05) is 19.3 Å². The van der Waals surface area contributed by atoms with E-state index >= 15 is 0 Å². The number of nitrogens with zero attached hydrogens (tertiary/aromatic N) is 3. The summed E-state index contributed by atoms with van der Waals surface area (Å²) < 4.78 is 0. The molecule has 0 bridgehead atoms. The summed E-state index contributed by atoms with van der Waals surface area (Å²) in [6.07, 6.45) is 13.0. The number of hydrogen-bond donors (Lipinski definition) is 1. The van der Waals surface area contributed by atoms with Gasteiger partial charge in [0.05, 0.1) is 0 Å². The van der Waals surface area contributed by atoms with E-state index in [0.29, 0.717) is 17.5 Å². The van der Waals surface area contributed by atoms with E-state index in [9.17, 15) is 4.79 Å². The minimum absolute atomic E-state index is 0.0662. The molecule has 2 aliphatic heterocycles. The molecule has 0 radical (unpaired) electrons. The molecule has 25 heavy (non-hydrogen) atoms. The van der Waals surface area contributed by atoms with Crippen LogP contribution in [0.3, 0.4) is 0 Å². The number of aromatic nitrogens is 1. The number of pyridine rings is 1. The first-order chi connectivity index (χ1) is 12.2. The minimum atomic E-state index is 0.0662. The van der Waals surface area contributed by atoms with Crippen LogP contribution in [0.15, 0.2) is 24.5 Å². The quantitative estimate of drug-likeness (QED) is 0.898. The molecule has 1 N–H and O–H groups in total. The van der Waals surface area contributed by atoms with Crippen LogP contribution in [0.1, 0.15) is 56.6 Å². The number of hydrogen-bond acceptors (Lipinski definition) is 3. The molecule has 3 heterocycles. The largest absolute Gasteiger partial charge is 0.341 e. The molecule has 3 aliphatic rings. The second kappa shape index (κ2) is 6.94. The monoisotopic (exact) mass is 342 g/mol. The van der Waals surface area contributed by atoms with E-state index < -0.39 is 0 Å². The maximum atomic E-state index is 11.8. The van der Waals surface area contributed by atoms with Crippen molar-refractivity contribution in [1.82, 2.24) is 20.1 Å². The number of rotatable bonds is 2. The van der Waals surface area contributed by atoms with Crippen LogP contribution in [0.4, 0.5) is 4.79 Å². The zero-order valence-corrected chi connectivity index (χ0v) is 15.3. The van der Waals surface area contributed by atoms with E-state index in [1.165, 1.54) is 44.2 Å². The van der Waals surface area contributed by atoms with Crippen molar-refractivity contribution in [3.05, 3.63) is 30.1 Å². The van der Waals surface area contributed by atoms with Gasteiger partial charge in [0.15, 0.2) is 0 Å². The Morgan fingerprint density at radius 1 is 1.16 bits per heavy atom. The number of amides is 2. The average molecular weight is 342 g/mol. The van der Waals surface area contributed by atoms with Gasteiger partial charge in [0.25, 0.3) is 0 Å². The Kier molecular flexibility index (Phi) is 4.67. The predicted molar refractivity (Wildman–Crippen MR) is 98.3 cm³/mol. The predicted octanol–water partition coefficient (Wildman–Crippen LogP) is 3.19. The molecule has 4 rings (SSSR count). The van der Waals surface area contributed by atoms with Crippen LogP contribution in [-0.2, 0) is 0 Å². The molecule has 0 aromatic carbocycles. The van der Waals surface area contributed by atoms with Gasteiger partial charge in [-0.25, -0.2) is 4.79 Å². The van der Waals surface area contributed by atoms with Gasteiger partial charge in [-0.05, 0) is 43.4 Å². The first-order valence-electron chi connectivity index (χ1n) is 9.86. The van der Waals surface area contributed by atoms with Gasteiger partial charge in [-0.2, -0.15) is 0 Å². The van der Waals surface area contributed by atoms with Crippen molar-refractivity contribution >= 4 is 6.03 Å². The minimum Gasteiger partial charge on any atom is -0.341 e. The molecule has 5 nitrogen and oxygen atoms in total. The van der Waals surface area contributed by atoms with Crippen LogP contribution >= 0.6 is 0 Å². The second-order valence-electron chi connectivity index (χ2n) is 8.05. The Bertz CT molecular complexity index is 591. The van der Waals surface area contributed by atoms with Gasteiger partial charge < -0.3 is 10.2 Å². The molecule has 1 atom stereocenters. The highest BCUT2D eigenvalue weighted by Crippen LogP contribution is 2.58. The van der Waals surface area contributed by atoms with Gasteiger partial charge in [0.1, 0.15) is 0 Å². The summed E-state index contributed by atoms with van der Waals surface area (Å²) in [4.78, 5) is 20.8. The second-order valence-corrected chi connectivity index (χ2v) is 8.05. The molecule has 1 aromatic rings. The fourth-order valence-corrected chi connectivity index (χ4v) is 5.46. The summed E-state index contributed by atoms with van der Waals surface area (Å²) in [5, 5.41) is 2.75. The zero-order chi connectivity index (χ0) is 17.3. The summed E-state index contributed by atoms with van der Waals surface area (Å²) in [6.45, 7) is 2.98. The Hall–Kier alpha value is -1.62. The first kappa shape index (κ1) is 16.8. The van der Waals surface area contributed by atoms with Crippen molar-refractivity contribution in [2.75, 3.05) is 26.7 Å². The van der Waals surface area contributed by atoms with Crippen molar-refractivity contribution in [3.63, 3.8) is 0 Å². The van der Waals surface area contributed by atoms with Crippen molar-refractivity contribution in [1.29, 1.82) is 0 Å². The maximum absolute atomic E-state index is 11.8. The lowest BCUT2D eigenvalue weighted by atomic mass is 9.60. The molecule has 5 heteroatoms. The molecule has 2 saturated heterocycles. The lowest BCUT2D eigenvalue weighted by Gasteiger charge is -2.63. The number of carbonyl (C=O) groups is 1. The third-order valence-electron chi connectivity index (χ3n) is 6.71. The summed E-state index contributed by atoms with van der Waals surface area (Å²) in [6, 6.07) is 5.65. The molecule has 2 amide bonds. The third kappa shape index (κ3) is 3.03. The Morgan fingerprint density at radius 3 is 2.48 bits per heavy atom. The van der Waals surface area contributed by atoms with Gasteiger partial charge in [-0.3, -0.25) is 9.88 Å². The lowest BCUT2D eigenvalue weighted by molar-refractivity contribution is -0.132. The Balaban J connectivity index is 1.49. The van der Waals surface area contributed by atoms with Gasteiger partial charge in [0.2, 0.25) is 0 Å². The molecule has 136 valence electrons. The van der Waals surface area contributed by atoms with Gasteiger partial charge in [-0.15, -0.1) is 0 Å². The van der Waals surface area contributed by atoms with Crippen molar-refractivity contribution in [2.24, 2.45) is 5.41 Å². The van der Waals surface area contributed by atoms with Crippen molar-refractivity contribution < 1.29 is 4.79 Å². The van der Waals surface area contributed by atoms with Crippen molar-refractivity contribution in [3.8, 4) is 0 Å². The fourth-order valence-electron chi connectivity index (χ4n) is 5.46. The number of piperidine rings is 1. The van der Waals surface area contributed by atoms with E-state index in [1.807, 2.05) is 17.3 Å². The van der Waals surface area contributed by atoms with Gasteiger partial charge in [0, 0.05) is 56.6 Å². The summed E-state index contributed by atoms with van der Waals surface area (Å²) >= 11 is 0. The molecule has 3 fully saturated rings. The molecule has 1 saturated carbocycles. The first-order valence-corrected chi connectivity index (χ1v) is 9.86. The van der Waals surface area contributed by atoms with Crippen LogP contribution in [-0.4, -0.2) is 53.5 Å². The third-order valence-corrected chi connectivity index (χ3v) is 6.71. The standard InChI is InChI=1S/C20H30N4O/c1-21-19(25)23-13-7-17(8-14-23)24-15-20(9-3-2-4-10-20)18(24)16-5-11-22-12-6-16/h5-6,11-12,17-18H,2-4,7-10,13-15H2,1H3,(H,21,25). The van der Waals surface area contributed by atoms with Crippen LogP contribution in [0.25, 0.3) is 0 Å². The smallest absolute Gasteiger partial charge is 0.317 e. The molecule has 1 unspecified atom stereocenters. The van der Waals surface area contributed by atoms with E-state index in [-0.39, 0.29) is 6.03 Å². The van der Waals surface area contributed by atoms with E-state index in [0.717, 1.165) is 25.9 Å². The average Bonchev–Trinajstić information content (AvgIpc) is 2.67. The lowest BCUT2D eigenvalue weighted by Crippen LogP contribution is -2.64. The van der Waals surface area contributed by atoms with Gasteiger partial charge >= 0.3 is 6.03 Å². The summed E-state index contributed by atoms with van der Waals surface area (Å²) in [5.74, 6) is 0. The SMILES string of the molecule is CNC(=O)N1CCC(N2CC3(CCCCC3)C2c2ccncc2)CC1. The van der Waals surface area contributed by atoms with Crippen LogP contribution < -0.4 is 5.32 Å². The number of carbonyl (C=O) groups excluding carboxylic acids is 1. The number of likely N-dealkylation sites (tertiary alicyclic amines) is 2. The van der Waals surface area contributed by atoms with Crippen molar-refractivity contribution in [2.45, 2.75) is 57.0 Å². The normalized spacial score (nSPS) is 27.1. The highest BCUT2D eigenvalue weighted by Gasteiger charge is 2.54. The number of nitrogens with one attached hydrogen (secondary N) is 1. The topological polar surface area (TPSA) is 48.5 Å². The summed E-state index contributed by atoms with van der Waals surface area (Å²) in [5.41, 5.74) is 1.93.